The molecule has 1 aliphatic heterocycles. The van der Waals surface area contributed by atoms with Gasteiger partial charge in [0.1, 0.15) is 22.9 Å². The zero-order valence-electron chi connectivity index (χ0n) is 15.1. The molecule has 0 unspecified atom stereocenters. The summed E-state index contributed by atoms with van der Waals surface area (Å²) in [7, 11) is 0. The third-order valence-corrected chi connectivity index (χ3v) is 4.81. The molecule has 0 saturated heterocycles. The van der Waals surface area contributed by atoms with E-state index in [1.165, 1.54) is 18.2 Å². The van der Waals surface area contributed by atoms with Crippen LogP contribution in [0.4, 0.5) is 18.9 Å². The average Bonchev–Trinajstić information content (AvgIpc) is 2.66. The predicted molar refractivity (Wildman–Crippen MR) is 102 cm³/mol. The van der Waals surface area contributed by atoms with Crippen LogP contribution in [0.25, 0.3) is 12.2 Å². The molecule has 0 amide bonds. The van der Waals surface area contributed by atoms with Gasteiger partial charge in [0.15, 0.2) is 11.6 Å². The quantitative estimate of drug-likeness (QED) is 0.401. The molecule has 3 aromatic rings. The number of fused-ring (bicyclic) bond motifs is 2. The number of aromatic carboxylic acids is 1. The van der Waals surface area contributed by atoms with E-state index < -0.39 is 40.1 Å². The van der Waals surface area contributed by atoms with Gasteiger partial charge in [0.2, 0.25) is 0 Å². The van der Waals surface area contributed by atoms with Crippen LogP contribution >= 0.6 is 0 Å². The van der Waals surface area contributed by atoms with Crippen molar-refractivity contribution in [3.63, 3.8) is 0 Å². The molecule has 0 aliphatic carbocycles. The number of halogens is 3. The van der Waals surface area contributed by atoms with Gasteiger partial charge in [-0.2, -0.15) is 0 Å². The first-order valence-corrected chi connectivity index (χ1v) is 8.52. The zero-order valence-corrected chi connectivity index (χ0v) is 15.1. The van der Waals surface area contributed by atoms with Crippen molar-refractivity contribution in [2.24, 2.45) is 0 Å². The lowest BCUT2D eigenvalue weighted by Gasteiger charge is -2.23. The first-order chi connectivity index (χ1) is 13.7. The highest BCUT2D eigenvalue weighted by atomic mass is 19.2. The van der Waals surface area contributed by atoms with Crippen LogP contribution in [0.1, 0.15) is 27.0 Å². The van der Waals surface area contributed by atoms with Crippen molar-refractivity contribution in [3.05, 3.63) is 86.5 Å². The summed E-state index contributed by atoms with van der Waals surface area (Å²) in [5.41, 5.74) is 4.28. The Morgan fingerprint density at radius 3 is 2.45 bits per heavy atom. The number of nitrogens with two attached hydrogens (primary N) is 1. The highest BCUT2D eigenvalue weighted by Gasteiger charge is 2.32. The molecule has 7 heteroatoms. The third kappa shape index (κ3) is 2.74. The molecule has 0 fully saturated rings. The van der Waals surface area contributed by atoms with Crippen molar-refractivity contribution in [3.8, 4) is 11.5 Å². The molecule has 4 nitrogen and oxygen atoms in total. The Kier molecular flexibility index (Phi) is 4.11. The lowest BCUT2D eigenvalue weighted by Crippen LogP contribution is -2.23. The number of hydrogen-bond acceptors (Lipinski definition) is 3. The van der Waals surface area contributed by atoms with E-state index in [0.29, 0.717) is 21.7 Å². The largest absolute Gasteiger partial charge is 0.478 e. The summed E-state index contributed by atoms with van der Waals surface area (Å²) in [4.78, 5) is 11.8. The van der Waals surface area contributed by atoms with Crippen LogP contribution in [0.5, 0.6) is 11.5 Å². The molecule has 0 radical (unpaired) electrons. The van der Waals surface area contributed by atoms with Gasteiger partial charge in [0.25, 0.3) is 0 Å². The minimum absolute atomic E-state index is 0.0677. The topological polar surface area (TPSA) is 72.5 Å². The molecule has 3 N–H and O–H groups in total. The molecular formula is C22H14F3NO3. The van der Waals surface area contributed by atoms with Crippen molar-refractivity contribution in [2.45, 2.75) is 6.92 Å². The molecule has 0 saturated carbocycles. The second kappa shape index (κ2) is 6.41. The summed E-state index contributed by atoms with van der Waals surface area (Å²) in [5.74, 6) is -5.62. The van der Waals surface area contributed by atoms with Crippen LogP contribution in [-0.4, -0.2) is 11.1 Å². The van der Waals surface area contributed by atoms with E-state index in [1.807, 2.05) is 0 Å². The van der Waals surface area contributed by atoms with Crippen LogP contribution in [0.2, 0.25) is 0 Å². The van der Waals surface area contributed by atoms with Crippen molar-refractivity contribution < 1.29 is 27.8 Å². The number of nitrogen functional groups attached to an aromatic ring is 1. The van der Waals surface area contributed by atoms with Gasteiger partial charge in [-0.1, -0.05) is 18.7 Å². The van der Waals surface area contributed by atoms with Gasteiger partial charge in [-0.3, -0.25) is 0 Å². The molecule has 3 aromatic carbocycles. The Labute approximate surface area is 163 Å². The van der Waals surface area contributed by atoms with Crippen molar-refractivity contribution in [1.82, 2.24) is 0 Å². The van der Waals surface area contributed by atoms with Gasteiger partial charge < -0.3 is 15.6 Å². The van der Waals surface area contributed by atoms with Crippen LogP contribution in [0.15, 0.2) is 36.4 Å². The minimum atomic E-state index is -1.79. The first-order valence-electron chi connectivity index (χ1n) is 8.52. The summed E-state index contributed by atoms with van der Waals surface area (Å²) >= 11 is 0. The van der Waals surface area contributed by atoms with Crippen LogP contribution in [0, 0.1) is 24.4 Å². The Morgan fingerprint density at radius 2 is 1.76 bits per heavy atom. The molecule has 146 valence electrons. The lowest BCUT2D eigenvalue weighted by molar-refractivity contribution is 0.0689. The third-order valence-electron chi connectivity index (χ3n) is 4.81. The molecule has 1 aliphatic rings. The van der Waals surface area contributed by atoms with Gasteiger partial charge in [-0.15, -0.1) is 0 Å². The SMILES string of the molecule is C=c1ccc2c(c1)Oc1cc(N)ccc1C=2c1c(F)c(C)c(F)c(F)c1C(=O)O. The number of carbonyl (C=O) groups is 1. The van der Waals surface area contributed by atoms with Gasteiger partial charge in [-0.05, 0) is 30.3 Å². The van der Waals surface area contributed by atoms with Gasteiger partial charge in [0, 0.05) is 39.2 Å². The maximum atomic E-state index is 15.2. The summed E-state index contributed by atoms with van der Waals surface area (Å²) in [6.45, 7) is 4.86. The molecule has 1 heterocycles. The Morgan fingerprint density at radius 1 is 1.03 bits per heavy atom. The standard InChI is InChI=1S/C22H14F3NO3/c1-9-3-5-12-14(7-9)29-15-8-11(26)4-6-13(15)16(12)17-18(22(27)28)21(25)20(24)10(2)19(17)23/h3-8H,1,26H2,2H3,(H,27,28). The summed E-state index contributed by atoms with van der Waals surface area (Å²) < 4.78 is 49.8. The van der Waals surface area contributed by atoms with E-state index >= 15 is 4.39 Å². The van der Waals surface area contributed by atoms with E-state index in [1.54, 1.807) is 18.2 Å². The zero-order chi connectivity index (χ0) is 21.0. The van der Waals surface area contributed by atoms with E-state index in [4.69, 9.17) is 10.5 Å². The number of carboxylic acids is 1. The van der Waals surface area contributed by atoms with E-state index in [-0.39, 0.29) is 17.1 Å². The van der Waals surface area contributed by atoms with E-state index in [2.05, 4.69) is 6.58 Å². The summed E-state index contributed by atoms with van der Waals surface area (Å²) in [6.07, 6.45) is 0. The highest BCUT2D eigenvalue weighted by Crippen LogP contribution is 2.40. The van der Waals surface area contributed by atoms with Crippen LogP contribution < -0.4 is 20.9 Å². The molecule has 0 bridgehead atoms. The predicted octanol–water partition coefficient (Wildman–Crippen LogP) is 3.46. The molecule has 29 heavy (non-hydrogen) atoms. The fraction of sp³-hybridized carbons (Fsp3) is 0.0455. The minimum Gasteiger partial charge on any atom is -0.478 e. The maximum absolute atomic E-state index is 15.2. The molecule has 0 aromatic heterocycles. The lowest BCUT2D eigenvalue weighted by atomic mass is 9.87. The highest BCUT2D eigenvalue weighted by molar-refractivity contribution is 5.99. The average molecular weight is 397 g/mol. The Balaban J connectivity index is 2.27. The van der Waals surface area contributed by atoms with Crippen LogP contribution in [-0.2, 0) is 0 Å². The monoisotopic (exact) mass is 397 g/mol. The van der Waals surface area contributed by atoms with Crippen LogP contribution in [0.3, 0.4) is 0 Å². The Hall–Kier alpha value is -3.74. The second-order valence-electron chi connectivity index (χ2n) is 6.69. The van der Waals surface area contributed by atoms with E-state index in [9.17, 15) is 18.7 Å². The van der Waals surface area contributed by atoms with Gasteiger partial charge in [0.05, 0.1) is 0 Å². The number of carboxylic acid groups (broad SMARTS) is 1. The van der Waals surface area contributed by atoms with Crippen molar-refractivity contribution >= 4 is 23.8 Å². The first kappa shape index (κ1) is 18.6. The molecular weight excluding hydrogens is 383 g/mol. The second-order valence-corrected chi connectivity index (χ2v) is 6.69. The number of anilines is 1. The number of rotatable bonds is 2. The Bertz CT molecular complexity index is 1330. The normalized spacial score (nSPS) is 12.2. The molecule has 4 rings (SSSR count). The van der Waals surface area contributed by atoms with Gasteiger partial charge >= 0.3 is 5.97 Å². The van der Waals surface area contributed by atoms with Crippen molar-refractivity contribution in [2.75, 3.05) is 5.73 Å². The molecule has 0 atom stereocenters. The number of benzene rings is 3. The molecule has 0 spiro atoms. The number of ether oxygens (including phenoxy) is 1. The summed E-state index contributed by atoms with van der Waals surface area (Å²) in [5, 5.41) is 10.5. The number of hydrogen-bond donors (Lipinski definition) is 2. The smallest absolute Gasteiger partial charge is 0.339 e. The van der Waals surface area contributed by atoms with E-state index in [0.717, 1.165) is 6.92 Å². The maximum Gasteiger partial charge on any atom is 0.339 e. The fourth-order valence-electron chi connectivity index (χ4n) is 3.43. The fourth-order valence-corrected chi connectivity index (χ4v) is 3.43. The van der Waals surface area contributed by atoms with Crippen molar-refractivity contribution in [1.29, 1.82) is 0 Å². The summed E-state index contributed by atoms with van der Waals surface area (Å²) in [6, 6.07) is 9.28. The van der Waals surface area contributed by atoms with Gasteiger partial charge in [-0.25, -0.2) is 18.0 Å².